The van der Waals surface area contributed by atoms with Crippen molar-refractivity contribution in [2.24, 2.45) is 5.92 Å². The Hall–Kier alpha value is -0.760. The average molecular weight is 201 g/mol. The van der Waals surface area contributed by atoms with Gasteiger partial charge in [-0.2, -0.15) is 0 Å². The molecular weight excluding hydrogens is 191 g/mol. The molecule has 1 aliphatic rings. The van der Waals surface area contributed by atoms with Crippen molar-refractivity contribution in [1.29, 1.82) is 0 Å². The van der Waals surface area contributed by atoms with Crippen LogP contribution in [0.15, 0.2) is 18.2 Å². The third-order valence-corrected chi connectivity index (χ3v) is 2.38. The zero-order chi connectivity index (χ0) is 9.26. The van der Waals surface area contributed by atoms with E-state index in [1.165, 1.54) is 18.9 Å². The number of para-hydroxylation sites is 1. The van der Waals surface area contributed by atoms with E-state index in [1.807, 2.05) is 0 Å². The summed E-state index contributed by atoms with van der Waals surface area (Å²) in [7, 11) is 0. The van der Waals surface area contributed by atoms with Crippen LogP contribution in [0.25, 0.3) is 0 Å². The highest BCUT2D eigenvalue weighted by Gasteiger charge is 2.22. The predicted octanol–water partition coefficient (Wildman–Crippen LogP) is 3.27. The zero-order valence-corrected chi connectivity index (χ0v) is 7.85. The first-order valence-electron chi connectivity index (χ1n) is 4.34. The van der Waals surface area contributed by atoms with Crippen molar-refractivity contribution in [2.75, 3.05) is 6.61 Å². The van der Waals surface area contributed by atoms with E-state index in [0.717, 1.165) is 0 Å². The first kappa shape index (κ1) is 8.82. The molecule has 70 valence electrons. The molecule has 1 aromatic carbocycles. The van der Waals surface area contributed by atoms with Crippen molar-refractivity contribution in [2.45, 2.75) is 12.8 Å². The molecule has 2 rings (SSSR count). The monoisotopic (exact) mass is 200 g/mol. The minimum atomic E-state index is -0.381. The summed E-state index contributed by atoms with van der Waals surface area (Å²) in [5.74, 6) is 0.417. The van der Waals surface area contributed by atoms with Gasteiger partial charge in [0, 0.05) is 0 Å². The highest BCUT2D eigenvalue weighted by molar-refractivity contribution is 6.32. The van der Waals surface area contributed by atoms with Crippen molar-refractivity contribution in [3.05, 3.63) is 29.0 Å². The van der Waals surface area contributed by atoms with E-state index in [0.29, 0.717) is 17.5 Å². The van der Waals surface area contributed by atoms with Gasteiger partial charge in [-0.15, -0.1) is 0 Å². The van der Waals surface area contributed by atoms with Crippen LogP contribution < -0.4 is 4.74 Å². The van der Waals surface area contributed by atoms with E-state index in [9.17, 15) is 4.39 Å². The quantitative estimate of drug-likeness (QED) is 0.728. The van der Waals surface area contributed by atoms with Gasteiger partial charge in [-0.3, -0.25) is 0 Å². The molecule has 3 heteroatoms. The molecule has 0 bridgehead atoms. The SMILES string of the molecule is Fc1cccc(Cl)c1OCC1CC1. The number of halogens is 2. The Morgan fingerprint density at radius 1 is 1.46 bits per heavy atom. The minimum absolute atomic E-state index is 0.191. The van der Waals surface area contributed by atoms with E-state index in [1.54, 1.807) is 12.1 Å². The smallest absolute Gasteiger partial charge is 0.173 e. The van der Waals surface area contributed by atoms with Gasteiger partial charge in [0.2, 0.25) is 0 Å². The van der Waals surface area contributed by atoms with Gasteiger partial charge >= 0.3 is 0 Å². The van der Waals surface area contributed by atoms with Crippen LogP contribution in [-0.2, 0) is 0 Å². The summed E-state index contributed by atoms with van der Waals surface area (Å²) >= 11 is 5.77. The molecule has 0 radical (unpaired) electrons. The maximum Gasteiger partial charge on any atom is 0.173 e. The lowest BCUT2D eigenvalue weighted by Crippen LogP contribution is -2.01. The van der Waals surface area contributed by atoms with Crippen LogP contribution in [0.4, 0.5) is 4.39 Å². The van der Waals surface area contributed by atoms with Crippen LogP contribution in [0.5, 0.6) is 5.75 Å². The highest BCUT2D eigenvalue weighted by Crippen LogP contribution is 2.32. The van der Waals surface area contributed by atoms with Crippen LogP contribution in [0, 0.1) is 11.7 Å². The fourth-order valence-corrected chi connectivity index (χ4v) is 1.32. The Morgan fingerprint density at radius 3 is 2.85 bits per heavy atom. The summed E-state index contributed by atoms with van der Waals surface area (Å²) in [6, 6.07) is 4.56. The fourth-order valence-electron chi connectivity index (χ4n) is 1.11. The third kappa shape index (κ3) is 2.13. The number of benzene rings is 1. The van der Waals surface area contributed by atoms with Crippen molar-refractivity contribution < 1.29 is 9.13 Å². The third-order valence-electron chi connectivity index (χ3n) is 2.08. The lowest BCUT2D eigenvalue weighted by Gasteiger charge is -2.07. The molecule has 0 heterocycles. The van der Waals surface area contributed by atoms with Gasteiger partial charge in [-0.05, 0) is 30.9 Å². The fraction of sp³-hybridized carbons (Fsp3) is 0.400. The number of hydrogen-bond donors (Lipinski definition) is 0. The van der Waals surface area contributed by atoms with Gasteiger partial charge in [-0.1, -0.05) is 17.7 Å². The minimum Gasteiger partial charge on any atom is -0.489 e. The molecule has 1 nitrogen and oxygen atoms in total. The van der Waals surface area contributed by atoms with Gasteiger partial charge < -0.3 is 4.74 Å². The molecule has 1 saturated carbocycles. The maximum absolute atomic E-state index is 13.1. The number of rotatable bonds is 3. The molecule has 0 saturated heterocycles. The van der Waals surface area contributed by atoms with Gasteiger partial charge in [0.05, 0.1) is 11.6 Å². The first-order valence-corrected chi connectivity index (χ1v) is 4.72. The van der Waals surface area contributed by atoms with Gasteiger partial charge in [0.15, 0.2) is 11.6 Å². The predicted molar refractivity (Wildman–Crippen MR) is 49.6 cm³/mol. The molecule has 0 aliphatic heterocycles. The average Bonchev–Trinajstić information content (AvgIpc) is 2.87. The number of ether oxygens (including phenoxy) is 1. The van der Waals surface area contributed by atoms with Crippen molar-refractivity contribution in [1.82, 2.24) is 0 Å². The largest absolute Gasteiger partial charge is 0.489 e. The van der Waals surface area contributed by atoms with Crippen LogP contribution in [0.3, 0.4) is 0 Å². The Balaban J connectivity index is 2.07. The standard InChI is InChI=1S/C10H10ClFO/c11-8-2-1-3-9(12)10(8)13-6-7-4-5-7/h1-3,7H,4-6H2. The Labute approximate surface area is 81.5 Å². The summed E-state index contributed by atoms with van der Waals surface area (Å²) in [6.45, 7) is 0.584. The van der Waals surface area contributed by atoms with Crippen LogP contribution in [-0.4, -0.2) is 6.61 Å². The molecular formula is C10H10ClFO. The molecule has 0 N–H and O–H groups in total. The van der Waals surface area contributed by atoms with E-state index >= 15 is 0 Å². The molecule has 1 aromatic rings. The second-order valence-corrected chi connectivity index (χ2v) is 3.71. The topological polar surface area (TPSA) is 9.23 Å². The molecule has 0 unspecified atom stereocenters. The molecule has 0 amide bonds. The Bertz CT molecular complexity index is 290. The zero-order valence-electron chi connectivity index (χ0n) is 7.09. The summed E-state index contributed by atoms with van der Waals surface area (Å²) in [5.41, 5.74) is 0. The molecule has 0 aromatic heterocycles. The van der Waals surface area contributed by atoms with Crippen molar-refractivity contribution in [3.63, 3.8) is 0 Å². The lowest BCUT2D eigenvalue weighted by atomic mass is 10.3. The van der Waals surface area contributed by atoms with Crippen LogP contribution in [0.1, 0.15) is 12.8 Å². The van der Waals surface area contributed by atoms with Gasteiger partial charge in [0.1, 0.15) is 0 Å². The van der Waals surface area contributed by atoms with E-state index < -0.39 is 0 Å². The Kier molecular flexibility index (Phi) is 2.40. The summed E-state index contributed by atoms with van der Waals surface area (Å²) in [4.78, 5) is 0. The molecule has 0 atom stereocenters. The highest BCUT2D eigenvalue weighted by atomic mass is 35.5. The van der Waals surface area contributed by atoms with Crippen molar-refractivity contribution >= 4 is 11.6 Å². The van der Waals surface area contributed by atoms with Gasteiger partial charge in [-0.25, -0.2) is 4.39 Å². The molecule has 1 fully saturated rings. The van der Waals surface area contributed by atoms with Crippen LogP contribution in [0.2, 0.25) is 5.02 Å². The van der Waals surface area contributed by atoms with Gasteiger partial charge in [0.25, 0.3) is 0 Å². The summed E-state index contributed by atoms with van der Waals surface area (Å²) in [5, 5.41) is 0.348. The van der Waals surface area contributed by atoms with Crippen molar-refractivity contribution in [3.8, 4) is 5.75 Å². The first-order chi connectivity index (χ1) is 6.27. The molecule has 13 heavy (non-hydrogen) atoms. The molecule has 1 aliphatic carbocycles. The summed E-state index contributed by atoms with van der Waals surface area (Å²) < 4.78 is 18.4. The normalized spacial score (nSPS) is 15.8. The lowest BCUT2D eigenvalue weighted by molar-refractivity contribution is 0.285. The van der Waals surface area contributed by atoms with Crippen LogP contribution >= 0.6 is 11.6 Å². The molecule has 0 spiro atoms. The second kappa shape index (κ2) is 3.54. The number of hydrogen-bond acceptors (Lipinski definition) is 1. The maximum atomic E-state index is 13.1. The summed E-state index contributed by atoms with van der Waals surface area (Å²) in [6.07, 6.45) is 2.37. The Morgan fingerprint density at radius 2 is 2.23 bits per heavy atom. The van der Waals surface area contributed by atoms with E-state index in [-0.39, 0.29) is 11.6 Å². The van der Waals surface area contributed by atoms with E-state index in [2.05, 4.69) is 0 Å². The second-order valence-electron chi connectivity index (χ2n) is 3.31. The van der Waals surface area contributed by atoms with E-state index in [4.69, 9.17) is 16.3 Å².